The zero-order chi connectivity index (χ0) is 19.0. The normalized spacial score (nSPS) is 21.6. The molecule has 1 atom stereocenters. The Kier molecular flexibility index (Phi) is 4.42. The number of hydrogen-bond acceptors (Lipinski definition) is 3. The number of anilines is 2. The molecular weight excluding hydrogens is 336 g/mol. The van der Waals surface area contributed by atoms with Crippen LogP contribution in [-0.4, -0.2) is 19.6 Å². The molecule has 1 aliphatic heterocycles. The number of amides is 1. The van der Waals surface area contributed by atoms with Gasteiger partial charge in [-0.2, -0.15) is 0 Å². The van der Waals surface area contributed by atoms with Crippen molar-refractivity contribution in [1.29, 1.82) is 0 Å². The second-order valence-corrected chi connectivity index (χ2v) is 7.82. The number of nitrogens with two attached hydrogens (primary N) is 1. The van der Waals surface area contributed by atoms with E-state index in [0.29, 0.717) is 23.5 Å². The third-order valence-electron chi connectivity index (χ3n) is 5.95. The number of benzene rings is 2. The summed E-state index contributed by atoms with van der Waals surface area (Å²) in [5.41, 5.74) is 11.0. The molecule has 1 amide bonds. The number of allylic oxidation sites excluding steroid dienone is 2. The van der Waals surface area contributed by atoms with E-state index in [2.05, 4.69) is 31.2 Å². The zero-order valence-electron chi connectivity index (χ0n) is 16.0. The predicted octanol–water partition coefficient (Wildman–Crippen LogP) is 4.60. The molecule has 2 aromatic rings. The molecule has 27 heavy (non-hydrogen) atoms. The van der Waals surface area contributed by atoms with Gasteiger partial charge >= 0.3 is 0 Å². The minimum Gasteiger partial charge on any atom is -0.495 e. The summed E-state index contributed by atoms with van der Waals surface area (Å²) in [5.74, 6) is 0.534. The van der Waals surface area contributed by atoms with Gasteiger partial charge in [-0.05, 0) is 67.9 Å². The molecule has 4 heteroatoms. The lowest BCUT2D eigenvalue weighted by Gasteiger charge is -2.26. The van der Waals surface area contributed by atoms with Gasteiger partial charge in [0.1, 0.15) is 5.75 Å². The maximum absolute atomic E-state index is 13.4. The summed E-state index contributed by atoms with van der Waals surface area (Å²) >= 11 is 0. The van der Waals surface area contributed by atoms with Crippen molar-refractivity contribution in [3.05, 3.63) is 65.2 Å². The van der Waals surface area contributed by atoms with E-state index in [9.17, 15) is 4.79 Å². The second kappa shape index (κ2) is 6.76. The maximum Gasteiger partial charge on any atom is 0.258 e. The van der Waals surface area contributed by atoms with Crippen LogP contribution in [0, 0.1) is 5.41 Å². The zero-order valence-corrected chi connectivity index (χ0v) is 16.0. The molecule has 2 aliphatic rings. The lowest BCUT2D eigenvalue weighted by Crippen LogP contribution is -2.33. The summed E-state index contributed by atoms with van der Waals surface area (Å²) in [4.78, 5) is 15.3. The third-order valence-corrected chi connectivity index (χ3v) is 5.95. The van der Waals surface area contributed by atoms with Gasteiger partial charge in [-0.3, -0.25) is 4.79 Å². The van der Waals surface area contributed by atoms with Crippen LogP contribution in [0.4, 0.5) is 11.4 Å². The Morgan fingerprint density at radius 1 is 1.19 bits per heavy atom. The minimum atomic E-state index is -0.00324. The van der Waals surface area contributed by atoms with Crippen LogP contribution >= 0.6 is 0 Å². The highest BCUT2D eigenvalue weighted by Gasteiger charge is 2.37. The minimum absolute atomic E-state index is 0.00324. The predicted molar refractivity (Wildman–Crippen MR) is 109 cm³/mol. The van der Waals surface area contributed by atoms with E-state index in [1.165, 1.54) is 17.6 Å². The molecule has 0 saturated carbocycles. The first-order chi connectivity index (χ1) is 13.0. The van der Waals surface area contributed by atoms with E-state index >= 15 is 0 Å². The van der Waals surface area contributed by atoms with Gasteiger partial charge in [-0.15, -0.1) is 0 Å². The van der Waals surface area contributed by atoms with Gasteiger partial charge in [0.15, 0.2) is 0 Å². The molecule has 1 heterocycles. The molecule has 0 aromatic heterocycles. The van der Waals surface area contributed by atoms with E-state index in [-0.39, 0.29) is 11.3 Å². The number of nitrogens with zero attached hydrogens (tertiary/aromatic N) is 1. The molecule has 2 aromatic carbocycles. The topological polar surface area (TPSA) is 55.6 Å². The summed E-state index contributed by atoms with van der Waals surface area (Å²) in [6.07, 6.45) is 6.76. The molecule has 0 fully saturated rings. The first-order valence-electron chi connectivity index (χ1n) is 9.53. The van der Waals surface area contributed by atoms with Crippen molar-refractivity contribution in [2.75, 3.05) is 24.3 Å². The first-order valence-corrected chi connectivity index (χ1v) is 9.53. The first kappa shape index (κ1) is 17.7. The van der Waals surface area contributed by atoms with E-state index in [1.807, 2.05) is 11.0 Å². The molecule has 0 bridgehead atoms. The van der Waals surface area contributed by atoms with Crippen molar-refractivity contribution < 1.29 is 9.53 Å². The number of nitrogen functional groups attached to an aromatic ring is 1. The third kappa shape index (κ3) is 3.20. The van der Waals surface area contributed by atoms with Crippen molar-refractivity contribution in [1.82, 2.24) is 0 Å². The quantitative estimate of drug-likeness (QED) is 0.628. The van der Waals surface area contributed by atoms with Gasteiger partial charge in [-0.25, -0.2) is 0 Å². The number of fused-ring (bicyclic) bond motifs is 1. The van der Waals surface area contributed by atoms with Crippen molar-refractivity contribution in [2.24, 2.45) is 5.41 Å². The number of methoxy groups -OCH3 is 1. The van der Waals surface area contributed by atoms with Crippen molar-refractivity contribution in [3.63, 3.8) is 0 Å². The fourth-order valence-electron chi connectivity index (χ4n) is 4.51. The Hall–Kier alpha value is -2.75. The summed E-state index contributed by atoms with van der Waals surface area (Å²) in [5, 5.41) is 0. The van der Waals surface area contributed by atoms with Crippen LogP contribution in [0.3, 0.4) is 0 Å². The SMILES string of the molecule is COc1cc(C(=O)N2CC[C@]3(C=C(C)CC3)Cc3ccccc32)ccc1N. The molecule has 0 saturated heterocycles. The summed E-state index contributed by atoms with van der Waals surface area (Å²) < 4.78 is 5.30. The lowest BCUT2D eigenvalue weighted by molar-refractivity contribution is 0.0985. The number of rotatable bonds is 2. The van der Waals surface area contributed by atoms with Crippen LogP contribution in [-0.2, 0) is 6.42 Å². The Labute approximate surface area is 160 Å². The van der Waals surface area contributed by atoms with Gasteiger partial charge in [0, 0.05) is 17.8 Å². The Balaban J connectivity index is 1.72. The van der Waals surface area contributed by atoms with Crippen LogP contribution in [0.25, 0.3) is 0 Å². The van der Waals surface area contributed by atoms with Crippen molar-refractivity contribution >= 4 is 17.3 Å². The largest absolute Gasteiger partial charge is 0.495 e. The van der Waals surface area contributed by atoms with E-state index in [0.717, 1.165) is 24.9 Å². The Bertz CT molecular complexity index is 918. The van der Waals surface area contributed by atoms with Crippen LogP contribution in [0.2, 0.25) is 0 Å². The molecule has 4 rings (SSSR count). The van der Waals surface area contributed by atoms with Crippen LogP contribution in [0.1, 0.15) is 42.1 Å². The average molecular weight is 362 g/mol. The Morgan fingerprint density at radius 2 is 2.00 bits per heavy atom. The van der Waals surface area contributed by atoms with Gasteiger partial charge in [0.25, 0.3) is 5.91 Å². The summed E-state index contributed by atoms with van der Waals surface area (Å²) in [6.45, 7) is 2.93. The van der Waals surface area contributed by atoms with Gasteiger partial charge in [0.2, 0.25) is 0 Å². The maximum atomic E-state index is 13.4. The molecule has 2 N–H and O–H groups in total. The fraction of sp³-hybridized carbons (Fsp3) is 0.348. The molecule has 1 aliphatic carbocycles. The number of ether oxygens (including phenoxy) is 1. The molecule has 4 nitrogen and oxygen atoms in total. The monoisotopic (exact) mass is 362 g/mol. The number of hydrogen-bond donors (Lipinski definition) is 1. The second-order valence-electron chi connectivity index (χ2n) is 7.82. The highest BCUT2D eigenvalue weighted by molar-refractivity contribution is 6.07. The summed E-state index contributed by atoms with van der Waals surface area (Å²) in [7, 11) is 1.57. The van der Waals surface area contributed by atoms with Crippen molar-refractivity contribution in [3.8, 4) is 5.75 Å². The van der Waals surface area contributed by atoms with Crippen LogP contribution in [0.5, 0.6) is 5.75 Å². The molecule has 1 spiro atoms. The smallest absolute Gasteiger partial charge is 0.258 e. The lowest BCUT2D eigenvalue weighted by atomic mass is 9.79. The van der Waals surface area contributed by atoms with E-state index in [4.69, 9.17) is 10.5 Å². The molecule has 140 valence electrons. The Morgan fingerprint density at radius 3 is 2.74 bits per heavy atom. The average Bonchev–Trinajstić information content (AvgIpc) is 2.95. The molecule has 0 radical (unpaired) electrons. The van der Waals surface area contributed by atoms with Gasteiger partial charge < -0.3 is 15.4 Å². The van der Waals surface area contributed by atoms with Gasteiger partial charge in [0.05, 0.1) is 12.8 Å². The molecular formula is C23H26N2O2. The van der Waals surface area contributed by atoms with Crippen LogP contribution in [0.15, 0.2) is 54.1 Å². The van der Waals surface area contributed by atoms with Crippen LogP contribution < -0.4 is 15.4 Å². The number of carbonyl (C=O) groups excluding carboxylic acids is 1. The fourth-order valence-corrected chi connectivity index (χ4v) is 4.51. The van der Waals surface area contributed by atoms with Crippen molar-refractivity contribution in [2.45, 2.75) is 32.6 Å². The standard InChI is InChI=1S/C23H26N2O2/c1-16-9-10-23(14-16)11-12-25(20-6-4-3-5-18(20)15-23)22(26)17-7-8-19(24)21(13-17)27-2/h3-8,13-14H,9-12,15,24H2,1-2H3/t23-/m1/s1. The number of carbonyl (C=O) groups is 1. The van der Waals surface area contributed by atoms with E-state index in [1.54, 1.807) is 25.3 Å². The highest BCUT2D eigenvalue weighted by Crippen LogP contribution is 2.45. The van der Waals surface area contributed by atoms with E-state index < -0.39 is 0 Å². The van der Waals surface area contributed by atoms with Gasteiger partial charge in [-0.1, -0.05) is 29.8 Å². The summed E-state index contributed by atoms with van der Waals surface area (Å²) in [6, 6.07) is 13.6. The highest BCUT2D eigenvalue weighted by atomic mass is 16.5. The molecule has 0 unspecified atom stereocenters. The number of para-hydroxylation sites is 1.